The van der Waals surface area contributed by atoms with Gasteiger partial charge in [-0.2, -0.15) is 4.37 Å². The summed E-state index contributed by atoms with van der Waals surface area (Å²) in [5.74, 6) is 3.53. The molecule has 0 bridgehead atoms. The summed E-state index contributed by atoms with van der Waals surface area (Å²) in [4.78, 5) is 4.55. The maximum Gasteiger partial charge on any atom is 0.202 e. The molecule has 1 aromatic heterocycles. The van der Waals surface area contributed by atoms with Gasteiger partial charge in [0.05, 0.1) is 0 Å². The van der Waals surface area contributed by atoms with Crippen molar-refractivity contribution in [2.45, 2.75) is 44.9 Å². The second kappa shape index (κ2) is 4.32. The summed E-state index contributed by atoms with van der Waals surface area (Å²) in [5, 5.41) is 4.48. The van der Waals surface area contributed by atoms with E-state index in [0.29, 0.717) is 5.92 Å². The Bertz CT molecular complexity index is 359. The van der Waals surface area contributed by atoms with Gasteiger partial charge >= 0.3 is 0 Å². The maximum absolute atomic E-state index is 4.55. The van der Waals surface area contributed by atoms with Crippen molar-refractivity contribution in [3.8, 4) is 0 Å². The molecule has 2 fully saturated rings. The topological polar surface area (TPSA) is 37.8 Å². The van der Waals surface area contributed by atoms with Crippen LogP contribution in [0.4, 0.5) is 5.13 Å². The molecule has 0 spiro atoms. The fraction of sp³-hybridized carbons (Fsp3) is 0.833. The number of hydrogen-bond donors (Lipinski definition) is 1. The molecule has 3 rings (SSSR count). The van der Waals surface area contributed by atoms with Gasteiger partial charge in [-0.1, -0.05) is 13.3 Å². The Kier molecular flexibility index (Phi) is 2.84. The van der Waals surface area contributed by atoms with E-state index in [0.717, 1.165) is 29.3 Å². The molecular formula is C12H19N3S. The van der Waals surface area contributed by atoms with Gasteiger partial charge in [-0.25, -0.2) is 4.98 Å². The van der Waals surface area contributed by atoms with Crippen molar-refractivity contribution in [2.24, 2.45) is 11.8 Å². The normalized spacial score (nSPS) is 29.6. The number of aromatic nitrogens is 2. The van der Waals surface area contributed by atoms with Crippen LogP contribution in [-0.2, 0) is 0 Å². The first-order chi connectivity index (χ1) is 7.81. The molecule has 2 unspecified atom stereocenters. The molecule has 1 heterocycles. The zero-order valence-corrected chi connectivity index (χ0v) is 10.6. The van der Waals surface area contributed by atoms with Gasteiger partial charge in [-0.3, -0.25) is 0 Å². The Morgan fingerprint density at radius 1 is 1.31 bits per heavy atom. The Morgan fingerprint density at radius 2 is 2.19 bits per heavy atom. The fourth-order valence-corrected chi connectivity index (χ4v) is 3.21. The van der Waals surface area contributed by atoms with Gasteiger partial charge in [0, 0.05) is 24.0 Å². The van der Waals surface area contributed by atoms with Crippen molar-refractivity contribution in [1.29, 1.82) is 0 Å². The molecule has 0 aliphatic heterocycles. The average Bonchev–Trinajstić information content (AvgIpc) is 2.87. The number of rotatable bonds is 4. The number of nitrogens with zero attached hydrogens (tertiary/aromatic N) is 2. The third-order valence-corrected chi connectivity index (χ3v) is 4.42. The van der Waals surface area contributed by atoms with Crippen LogP contribution in [-0.4, -0.2) is 15.9 Å². The minimum Gasteiger partial charge on any atom is -0.360 e. The Balaban J connectivity index is 1.50. The molecule has 3 nitrogen and oxygen atoms in total. The van der Waals surface area contributed by atoms with E-state index in [9.17, 15) is 0 Å². The van der Waals surface area contributed by atoms with Crippen LogP contribution in [0.15, 0.2) is 0 Å². The third kappa shape index (κ3) is 2.37. The van der Waals surface area contributed by atoms with Gasteiger partial charge in [0.2, 0.25) is 5.13 Å². The first kappa shape index (κ1) is 10.5. The highest BCUT2D eigenvalue weighted by molar-refractivity contribution is 7.09. The van der Waals surface area contributed by atoms with Crippen molar-refractivity contribution in [2.75, 3.05) is 11.9 Å². The second-order valence-electron chi connectivity index (χ2n) is 5.40. The van der Waals surface area contributed by atoms with E-state index < -0.39 is 0 Å². The van der Waals surface area contributed by atoms with Crippen LogP contribution in [0.5, 0.6) is 0 Å². The predicted molar refractivity (Wildman–Crippen MR) is 66.9 cm³/mol. The summed E-state index contributed by atoms with van der Waals surface area (Å²) < 4.78 is 4.41. The summed E-state index contributed by atoms with van der Waals surface area (Å²) in [6.45, 7) is 3.44. The van der Waals surface area contributed by atoms with Crippen molar-refractivity contribution in [1.82, 2.24) is 9.36 Å². The smallest absolute Gasteiger partial charge is 0.202 e. The molecule has 0 saturated heterocycles. The molecule has 2 aliphatic carbocycles. The van der Waals surface area contributed by atoms with E-state index in [1.807, 2.05) is 0 Å². The molecule has 16 heavy (non-hydrogen) atoms. The van der Waals surface area contributed by atoms with Crippen molar-refractivity contribution < 1.29 is 0 Å². The highest BCUT2D eigenvalue weighted by Gasteiger charge is 2.28. The van der Waals surface area contributed by atoms with Gasteiger partial charge in [-0.15, -0.1) is 0 Å². The molecule has 2 aliphatic rings. The molecule has 1 aromatic rings. The van der Waals surface area contributed by atoms with E-state index in [4.69, 9.17) is 0 Å². The van der Waals surface area contributed by atoms with Crippen LogP contribution in [0.2, 0.25) is 0 Å². The van der Waals surface area contributed by atoms with E-state index in [-0.39, 0.29) is 0 Å². The van der Waals surface area contributed by atoms with Crippen LogP contribution in [0.1, 0.15) is 50.8 Å². The van der Waals surface area contributed by atoms with Crippen LogP contribution < -0.4 is 5.32 Å². The van der Waals surface area contributed by atoms with Gasteiger partial charge in [0.25, 0.3) is 0 Å². The summed E-state index contributed by atoms with van der Waals surface area (Å²) in [5.41, 5.74) is 0. The summed E-state index contributed by atoms with van der Waals surface area (Å²) in [6, 6.07) is 0. The summed E-state index contributed by atoms with van der Waals surface area (Å²) in [7, 11) is 0. The molecule has 0 radical (unpaired) electrons. The third-order valence-electron chi connectivity index (χ3n) is 3.73. The molecule has 2 atom stereocenters. The molecule has 4 heteroatoms. The number of hydrogen-bond acceptors (Lipinski definition) is 4. The van der Waals surface area contributed by atoms with Crippen LogP contribution in [0, 0.1) is 11.8 Å². The van der Waals surface area contributed by atoms with Gasteiger partial charge in [0.1, 0.15) is 5.82 Å². The highest BCUT2D eigenvalue weighted by atomic mass is 32.1. The quantitative estimate of drug-likeness (QED) is 0.873. The largest absolute Gasteiger partial charge is 0.360 e. The molecular weight excluding hydrogens is 218 g/mol. The molecule has 1 N–H and O–H groups in total. The van der Waals surface area contributed by atoms with Crippen molar-refractivity contribution in [3.63, 3.8) is 0 Å². The first-order valence-electron chi connectivity index (χ1n) is 6.38. The van der Waals surface area contributed by atoms with E-state index >= 15 is 0 Å². The zero-order chi connectivity index (χ0) is 11.0. The lowest BCUT2D eigenvalue weighted by atomic mass is 10.1. The Labute approximate surface area is 101 Å². The second-order valence-corrected chi connectivity index (χ2v) is 6.15. The summed E-state index contributed by atoms with van der Waals surface area (Å²) >= 11 is 1.53. The monoisotopic (exact) mass is 237 g/mol. The molecule has 0 aromatic carbocycles. The van der Waals surface area contributed by atoms with E-state index in [1.165, 1.54) is 43.6 Å². The lowest BCUT2D eigenvalue weighted by Gasteiger charge is -2.09. The van der Waals surface area contributed by atoms with Crippen molar-refractivity contribution in [3.05, 3.63) is 5.82 Å². The highest BCUT2D eigenvalue weighted by Crippen LogP contribution is 2.39. The van der Waals surface area contributed by atoms with Crippen LogP contribution in [0.3, 0.4) is 0 Å². The SMILES string of the molecule is CC1CCC(CNc2nc(C3CC3)ns2)C1. The lowest BCUT2D eigenvalue weighted by molar-refractivity contribution is 0.537. The zero-order valence-electron chi connectivity index (χ0n) is 9.78. The lowest BCUT2D eigenvalue weighted by Crippen LogP contribution is -2.11. The molecule has 0 amide bonds. The molecule has 2 saturated carbocycles. The van der Waals surface area contributed by atoms with E-state index in [1.54, 1.807) is 0 Å². The van der Waals surface area contributed by atoms with Crippen LogP contribution in [0.25, 0.3) is 0 Å². The van der Waals surface area contributed by atoms with Crippen molar-refractivity contribution >= 4 is 16.7 Å². The van der Waals surface area contributed by atoms with Gasteiger partial charge < -0.3 is 5.32 Å². The average molecular weight is 237 g/mol. The van der Waals surface area contributed by atoms with Gasteiger partial charge in [-0.05, 0) is 37.5 Å². The fourth-order valence-electron chi connectivity index (χ4n) is 2.56. The number of anilines is 1. The summed E-state index contributed by atoms with van der Waals surface area (Å²) in [6.07, 6.45) is 6.73. The van der Waals surface area contributed by atoms with Gasteiger partial charge in [0.15, 0.2) is 0 Å². The predicted octanol–water partition coefficient (Wildman–Crippen LogP) is 3.26. The minimum absolute atomic E-state index is 0.679. The minimum atomic E-state index is 0.679. The van der Waals surface area contributed by atoms with E-state index in [2.05, 4.69) is 21.6 Å². The molecule has 88 valence electrons. The Hall–Kier alpha value is -0.640. The Morgan fingerprint density at radius 3 is 2.88 bits per heavy atom. The maximum atomic E-state index is 4.55. The van der Waals surface area contributed by atoms with Crippen LogP contribution >= 0.6 is 11.5 Å². The standard InChI is InChI=1S/C12H19N3S/c1-8-2-3-9(6-8)7-13-12-14-11(15-16-12)10-4-5-10/h8-10H,2-7H2,1H3,(H,13,14,15). The number of nitrogens with one attached hydrogen (secondary N) is 1. The first-order valence-corrected chi connectivity index (χ1v) is 7.16.